The van der Waals surface area contributed by atoms with E-state index in [1.165, 1.54) is 83.5 Å². The maximum atomic E-state index is 4.09. The summed E-state index contributed by atoms with van der Waals surface area (Å²) in [5, 5.41) is 0. The fourth-order valence-electron chi connectivity index (χ4n) is 3.09. The van der Waals surface area contributed by atoms with Gasteiger partial charge in [0.15, 0.2) is 0 Å². The van der Waals surface area contributed by atoms with Crippen molar-refractivity contribution in [2.45, 2.75) is 104 Å². The van der Waals surface area contributed by atoms with Crippen molar-refractivity contribution in [1.29, 1.82) is 0 Å². The van der Waals surface area contributed by atoms with E-state index in [9.17, 15) is 0 Å². The zero-order valence-corrected chi connectivity index (χ0v) is 15.1. The van der Waals surface area contributed by atoms with Gasteiger partial charge in [-0.2, -0.15) is 0 Å². The quantitative estimate of drug-likeness (QED) is 0.333. The Balaban J connectivity index is 1.79. The van der Waals surface area contributed by atoms with E-state index in [1.54, 1.807) is 0 Å². The largest absolute Gasteiger partial charge is 0.337 e. The smallest absolute Gasteiger partial charge is 0.0945 e. The summed E-state index contributed by atoms with van der Waals surface area (Å²) in [4.78, 5) is 4.09. The van der Waals surface area contributed by atoms with Gasteiger partial charge in [-0.15, -0.1) is 0 Å². The molecule has 0 aromatic carbocycles. The Bertz CT molecular complexity index is 318. The highest BCUT2D eigenvalue weighted by molar-refractivity contribution is 4.74. The van der Waals surface area contributed by atoms with Gasteiger partial charge in [-0.25, -0.2) is 4.98 Å². The summed E-state index contributed by atoms with van der Waals surface area (Å²) in [6.07, 6.45) is 24.4. The van der Waals surface area contributed by atoms with Crippen molar-refractivity contribution >= 4 is 0 Å². The van der Waals surface area contributed by atoms with Crippen molar-refractivity contribution < 1.29 is 0 Å². The third kappa shape index (κ3) is 10.9. The van der Waals surface area contributed by atoms with E-state index >= 15 is 0 Å². The SMILES string of the molecule is CCCCCCCCCCCCCC(C)CCn1ccnc1. The highest BCUT2D eigenvalue weighted by atomic mass is 15.0. The Morgan fingerprint density at radius 1 is 0.818 bits per heavy atom. The molecule has 0 aliphatic carbocycles. The van der Waals surface area contributed by atoms with Crippen molar-refractivity contribution in [3.05, 3.63) is 18.7 Å². The minimum atomic E-state index is 0.848. The molecule has 1 atom stereocenters. The van der Waals surface area contributed by atoms with Gasteiger partial charge in [0.05, 0.1) is 6.33 Å². The predicted octanol–water partition coefficient (Wildman–Crippen LogP) is 6.61. The Kier molecular flexibility index (Phi) is 12.1. The monoisotopic (exact) mass is 306 g/mol. The first-order chi connectivity index (χ1) is 10.8. The molecule has 2 heteroatoms. The summed E-state index contributed by atoms with van der Waals surface area (Å²) in [6, 6.07) is 0. The molecular formula is C20H38N2. The Morgan fingerprint density at radius 3 is 1.95 bits per heavy atom. The molecule has 0 saturated heterocycles. The van der Waals surface area contributed by atoms with Gasteiger partial charge in [0.25, 0.3) is 0 Å². The third-order valence-electron chi connectivity index (χ3n) is 4.74. The molecule has 1 heterocycles. The minimum Gasteiger partial charge on any atom is -0.337 e. The first-order valence-electron chi connectivity index (χ1n) is 9.78. The van der Waals surface area contributed by atoms with Crippen molar-refractivity contribution in [2.24, 2.45) is 5.92 Å². The van der Waals surface area contributed by atoms with E-state index in [0.717, 1.165) is 12.5 Å². The lowest BCUT2D eigenvalue weighted by Gasteiger charge is -2.11. The maximum absolute atomic E-state index is 4.09. The molecule has 1 rings (SSSR count). The van der Waals surface area contributed by atoms with E-state index < -0.39 is 0 Å². The summed E-state index contributed by atoms with van der Waals surface area (Å²) in [7, 11) is 0. The van der Waals surface area contributed by atoms with Crippen LogP contribution in [0.4, 0.5) is 0 Å². The third-order valence-corrected chi connectivity index (χ3v) is 4.74. The molecule has 1 aromatic rings. The normalized spacial score (nSPS) is 12.6. The lowest BCUT2D eigenvalue weighted by molar-refractivity contribution is 0.426. The molecule has 1 aromatic heterocycles. The van der Waals surface area contributed by atoms with Gasteiger partial charge in [0.2, 0.25) is 0 Å². The highest BCUT2D eigenvalue weighted by Gasteiger charge is 2.02. The number of aromatic nitrogens is 2. The molecule has 0 amide bonds. The summed E-state index contributed by atoms with van der Waals surface area (Å²) in [5.74, 6) is 0.848. The van der Waals surface area contributed by atoms with Gasteiger partial charge < -0.3 is 4.57 Å². The van der Waals surface area contributed by atoms with Crippen LogP contribution in [0, 0.1) is 5.92 Å². The van der Waals surface area contributed by atoms with Crippen LogP contribution in [0.2, 0.25) is 0 Å². The molecule has 0 fully saturated rings. The molecule has 1 unspecified atom stereocenters. The Hall–Kier alpha value is -0.790. The molecule has 0 spiro atoms. The van der Waals surface area contributed by atoms with E-state index in [2.05, 4.69) is 29.6 Å². The number of aryl methyl sites for hydroxylation is 1. The van der Waals surface area contributed by atoms with Crippen LogP contribution in [-0.2, 0) is 6.54 Å². The van der Waals surface area contributed by atoms with Crippen LogP contribution in [0.3, 0.4) is 0 Å². The number of imidazole rings is 1. The van der Waals surface area contributed by atoms with Gasteiger partial charge in [-0.3, -0.25) is 0 Å². The molecule has 22 heavy (non-hydrogen) atoms. The molecule has 0 N–H and O–H groups in total. The summed E-state index contributed by atoms with van der Waals surface area (Å²) >= 11 is 0. The second-order valence-electron chi connectivity index (χ2n) is 7.02. The predicted molar refractivity (Wildman–Crippen MR) is 97.1 cm³/mol. The fraction of sp³-hybridized carbons (Fsp3) is 0.850. The average Bonchev–Trinajstić information content (AvgIpc) is 3.04. The molecule has 2 nitrogen and oxygen atoms in total. The first-order valence-corrected chi connectivity index (χ1v) is 9.78. The summed E-state index contributed by atoms with van der Waals surface area (Å²) in [5.41, 5.74) is 0. The molecular weight excluding hydrogens is 268 g/mol. The molecule has 128 valence electrons. The van der Waals surface area contributed by atoms with Crippen molar-refractivity contribution in [1.82, 2.24) is 9.55 Å². The lowest BCUT2D eigenvalue weighted by Crippen LogP contribution is -2.02. The van der Waals surface area contributed by atoms with Crippen LogP contribution in [0.15, 0.2) is 18.7 Å². The average molecular weight is 307 g/mol. The number of hydrogen-bond acceptors (Lipinski definition) is 1. The van der Waals surface area contributed by atoms with E-state index in [-0.39, 0.29) is 0 Å². The van der Waals surface area contributed by atoms with Crippen LogP contribution < -0.4 is 0 Å². The standard InChI is InChI=1S/C20H38N2/c1-3-4-5-6-7-8-9-10-11-12-13-14-20(2)15-17-22-18-16-21-19-22/h16,18-20H,3-15,17H2,1-2H3. The molecule has 0 aliphatic heterocycles. The maximum Gasteiger partial charge on any atom is 0.0945 e. The zero-order chi connectivity index (χ0) is 15.9. The van der Waals surface area contributed by atoms with Crippen molar-refractivity contribution in [3.63, 3.8) is 0 Å². The van der Waals surface area contributed by atoms with Crippen LogP contribution in [0.25, 0.3) is 0 Å². The van der Waals surface area contributed by atoms with Crippen LogP contribution in [-0.4, -0.2) is 9.55 Å². The highest BCUT2D eigenvalue weighted by Crippen LogP contribution is 2.16. The van der Waals surface area contributed by atoms with Gasteiger partial charge >= 0.3 is 0 Å². The fourth-order valence-corrected chi connectivity index (χ4v) is 3.09. The summed E-state index contributed by atoms with van der Waals surface area (Å²) < 4.78 is 2.19. The van der Waals surface area contributed by atoms with Gasteiger partial charge in [0, 0.05) is 18.9 Å². The molecule has 0 bridgehead atoms. The van der Waals surface area contributed by atoms with Crippen LogP contribution >= 0.6 is 0 Å². The first kappa shape index (κ1) is 19.3. The molecule has 0 aliphatic rings. The Labute approximate surface area is 138 Å². The minimum absolute atomic E-state index is 0.848. The van der Waals surface area contributed by atoms with Gasteiger partial charge in [-0.1, -0.05) is 90.9 Å². The Morgan fingerprint density at radius 2 is 1.41 bits per heavy atom. The topological polar surface area (TPSA) is 17.8 Å². The second-order valence-corrected chi connectivity index (χ2v) is 7.02. The number of nitrogens with zero attached hydrogens (tertiary/aromatic N) is 2. The van der Waals surface area contributed by atoms with Crippen LogP contribution in [0.5, 0.6) is 0 Å². The van der Waals surface area contributed by atoms with Crippen molar-refractivity contribution in [2.75, 3.05) is 0 Å². The van der Waals surface area contributed by atoms with Crippen LogP contribution in [0.1, 0.15) is 97.3 Å². The number of rotatable bonds is 15. The second kappa shape index (κ2) is 13.8. The van der Waals surface area contributed by atoms with Gasteiger partial charge in [0.1, 0.15) is 0 Å². The van der Waals surface area contributed by atoms with E-state index in [4.69, 9.17) is 0 Å². The lowest BCUT2D eigenvalue weighted by atomic mass is 9.98. The summed E-state index contributed by atoms with van der Waals surface area (Å²) in [6.45, 7) is 5.81. The molecule has 0 saturated carbocycles. The zero-order valence-electron chi connectivity index (χ0n) is 15.1. The van der Waals surface area contributed by atoms with E-state index in [1.807, 2.05) is 12.5 Å². The number of unbranched alkanes of at least 4 members (excludes halogenated alkanes) is 10. The molecule has 0 radical (unpaired) electrons. The van der Waals surface area contributed by atoms with Crippen molar-refractivity contribution in [3.8, 4) is 0 Å². The van der Waals surface area contributed by atoms with E-state index in [0.29, 0.717) is 0 Å². The van der Waals surface area contributed by atoms with Gasteiger partial charge in [-0.05, 0) is 12.3 Å². The number of hydrogen-bond donors (Lipinski definition) is 0.